The lowest BCUT2D eigenvalue weighted by Crippen LogP contribution is -2.26. The Bertz CT molecular complexity index is 1080. The highest BCUT2D eigenvalue weighted by atomic mass is 35.5. The van der Waals surface area contributed by atoms with Crippen LogP contribution in [0.4, 0.5) is 0 Å². The topological polar surface area (TPSA) is 64.7 Å². The first-order chi connectivity index (χ1) is 13.2. The van der Waals surface area contributed by atoms with Crippen LogP contribution in [0.15, 0.2) is 55.0 Å². The molecule has 0 saturated carbocycles. The number of nitrogens with one attached hydrogen (secondary N) is 1. The van der Waals surface area contributed by atoms with Gasteiger partial charge in [-0.05, 0) is 36.8 Å². The molecule has 138 valence electrons. The van der Waals surface area contributed by atoms with Crippen molar-refractivity contribution in [3.63, 3.8) is 0 Å². The monoisotopic (exact) mass is 381 g/mol. The Kier molecular flexibility index (Phi) is 5.07. The number of rotatable bonds is 7. The molecule has 0 bridgehead atoms. The number of hydrogen-bond acceptors (Lipinski definition) is 3. The Labute approximate surface area is 161 Å². The van der Waals surface area contributed by atoms with Crippen molar-refractivity contribution in [1.29, 1.82) is 0 Å². The van der Waals surface area contributed by atoms with Crippen LogP contribution in [0.3, 0.4) is 0 Å². The number of benzene rings is 2. The zero-order valence-corrected chi connectivity index (χ0v) is 15.6. The average Bonchev–Trinajstić information content (AvgIpc) is 3.27. The Morgan fingerprint density at radius 1 is 1.11 bits per heavy atom. The van der Waals surface area contributed by atoms with Gasteiger partial charge in [0.1, 0.15) is 0 Å². The van der Waals surface area contributed by atoms with Crippen LogP contribution in [0, 0.1) is 0 Å². The molecular formula is C20H20ClN5O. The zero-order valence-electron chi connectivity index (χ0n) is 14.8. The fourth-order valence-corrected chi connectivity index (χ4v) is 3.38. The summed E-state index contributed by atoms with van der Waals surface area (Å²) in [5, 5.41) is 8.98. The first-order valence-corrected chi connectivity index (χ1v) is 9.36. The zero-order chi connectivity index (χ0) is 18.6. The van der Waals surface area contributed by atoms with Gasteiger partial charge in [-0.25, -0.2) is 4.98 Å². The van der Waals surface area contributed by atoms with Crippen LogP contribution in [0.25, 0.3) is 21.9 Å². The van der Waals surface area contributed by atoms with Crippen LogP contribution in [0.1, 0.15) is 12.8 Å². The second-order valence-electron chi connectivity index (χ2n) is 6.45. The van der Waals surface area contributed by atoms with Crippen molar-refractivity contribution < 1.29 is 4.79 Å². The first-order valence-electron chi connectivity index (χ1n) is 8.98. The summed E-state index contributed by atoms with van der Waals surface area (Å²) >= 11 is 5.99. The van der Waals surface area contributed by atoms with E-state index in [9.17, 15) is 4.79 Å². The van der Waals surface area contributed by atoms with Crippen LogP contribution in [0.2, 0.25) is 5.02 Å². The van der Waals surface area contributed by atoms with Crippen molar-refractivity contribution in [2.75, 3.05) is 6.54 Å². The molecule has 4 rings (SSSR count). The highest BCUT2D eigenvalue weighted by molar-refractivity contribution is 6.31. The minimum absolute atomic E-state index is 0.0307. The molecule has 0 atom stereocenters. The molecule has 0 aliphatic heterocycles. The second-order valence-corrected chi connectivity index (χ2v) is 6.89. The third-order valence-electron chi connectivity index (χ3n) is 4.58. The lowest BCUT2D eigenvalue weighted by molar-refractivity contribution is -0.121. The van der Waals surface area contributed by atoms with Gasteiger partial charge < -0.3 is 9.88 Å². The van der Waals surface area contributed by atoms with E-state index in [0.29, 0.717) is 24.5 Å². The third-order valence-corrected chi connectivity index (χ3v) is 4.81. The van der Waals surface area contributed by atoms with Gasteiger partial charge >= 0.3 is 0 Å². The SMILES string of the molecule is O=C(CCn1ncc2cc(Cl)ccc21)NCCCn1cnc2ccccc21. The Balaban J connectivity index is 1.24. The van der Waals surface area contributed by atoms with E-state index in [1.165, 1.54) is 0 Å². The highest BCUT2D eigenvalue weighted by Crippen LogP contribution is 2.19. The molecule has 0 aliphatic rings. The smallest absolute Gasteiger partial charge is 0.221 e. The number of aromatic nitrogens is 4. The van der Waals surface area contributed by atoms with Crippen LogP contribution in [0.5, 0.6) is 0 Å². The van der Waals surface area contributed by atoms with E-state index in [1.807, 2.05) is 47.4 Å². The van der Waals surface area contributed by atoms with E-state index in [2.05, 4.69) is 26.0 Å². The third kappa shape index (κ3) is 3.95. The first kappa shape index (κ1) is 17.5. The predicted molar refractivity (Wildman–Crippen MR) is 107 cm³/mol. The number of amides is 1. The fourth-order valence-electron chi connectivity index (χ4n) is 3.20. The summed E-state index contributed by atoms with van der Waals surface area (Å²) in [6.07, 6.45) is 4.87. The molecule has 0 saturated heterocycles. The standard InChI is InChI=1S/C20H20ClN5O/c21-16-6-7-18-15(12-16)13-24-26(18)11-8-20(27)22-9-3-10-25-14-23-17-4-1-2-5-19(17)25/h1-2,4-7,12-14H,3,8-11H2,(H,22,27). The van der Waals surface area contributed by atoms with Crippen LogP contribution >= 0.6 is 11.6 Å². The van der Waals surface area contributed by atoms with E-state index < -0.39 is 0 Å². The van der Waals surface area contributed by atoms with E-state index >= 15 is 0 Å². The minimum Gasteiger partial charge on any atom is -0.356 e. The summed E-state index contributed by atoms with van der Waals surface area (Å²) in [5.41, 5.74) is 3.10. The molecule has 7 heteroatoms. The molecule has 0 unspecified atom stereocenters. The molecule has 1 amide bonds. The van der Waals surface area contributed by atoms with Crippen molar-refractivity contribution in [2.24, 2.45) is 0 Å². The number of para-hydroxylation sites is 2. The van der Waals surface area contributed by atoms with Crippen molar-refractivity contribution >= 4 is 39.4 Å². The number of fused-ring (bicyclic) bond motifs is 2. The van der Waals surface area contributed by atoms with Crippen LogP contribution in [-0.4, -0.2) is 31.8 Å². The summed E-state index contributed by atoms with van der Waals surface area (Å²) in [7, 11) is 0. The van der Waals surface area contributed by atoms with Crippen LogP contribution < -0.4 is 5.32 Å². The van der Waals surface area contributed by atoms with Gasteiger partial charge in [-0.15, -0.1) is 0 Å². The normalized spacial score (nSPS) is 11.3. The highest BCUT2D eigenvalue weighted by Gasteiger charge is 2.07. The molecule has 4 aromatic rings. The number of hydrogen-bond donors (Lipinski definition) is 1. The maximum Gasteiger partial charge on any atom is 0.221 e. The van der Waals surface area contributed by atoms with Crippen LogP contribution in [-0.2, 0) is 17.9 Å². The number of aryl methyl sites for hydroxylation is 2. The molecular weight excluding hydrogens is 362 g/mol. The van der Waals surface area contributed by atoms with Gasteiger partial charge in [0.05, 0.1) is 35.6 Å². The lowest BCUT2D eigenvalue weighted by atomic mass is 10.2. The summed E-state index contributed by atoms with van der Waals surface area (Å²) in [6.45, 7) is 2.01. The molecule has 6 nitrogen and oxygen atoms in total. The van der Waals surface area contributed by atoms with Gasteiger partial charge in [0.15, 0.2) is 0 Å². The lowest BCUT2D eigenvalue weighted by Gasteiger charge is -2.07. The molecule has 2 aromatic carbocycles. The van der Waals surface area contributed by atoms with Crippen molar-refractivity contribution in [1.82, 2.24) is 24.6 Å². The number of carbonyl (C=O) groups is 1. The maximum atomic E-state index is 12.1. The van der Waals surface area contributed by atoms with Gasteiger partial charge in [0.2, 0.25) is 5.91 Å². The van der Waals surface area contributed by atoms with E-state index in [1.54, 1.807) is 6.20 Å². The second kappa shape index (κ2) is 7.80. The number of imidazole rings is 1. The summed E-state index contributed by atoms with van der Waals surface area (Å²) in [4.78, 5) is 16.5. The largest absolute Gasteiger partial charge is 0.356 e. The molecule has 27 heavy (non-hydrogen) atoms. The minimum atomic E-state index is 0.0307. The van der Waals surface area contributed by atoms with Crippen molar-refractivity contribution in [2.45, 2.75) is 25.9 Å². The molecule has 0 radical (unpaired) electrons. The Hall–Kier alpha value is -2.86. The Morgan fingerprint density at radius 3 is 2.93 bits per heavy atom. The summed E-state index contributed by atoms with van der Waals surface area (Å²) < 4.78 is 3.95. The van der Waals surface area contributed by atoms with Gasteiger partial charge in [-0.1, -0.05) is 23.7 Å². The Morgan fingerprint density at radius 2 is 2.00 bits per heavy atom. The van der Waals surface area contributed by atoms with E-state index in [4.69, 9.17) is 11.6 Å². The van der Waals surface area contributed by atoms with Crippen molar-refractivity contribution in [3.05, 3.63) is 60.0 Å². The van der Waals surface area contributed by atoms with Gasteiger partial charge in [-0.3, -0.25) is 9.48 Å². The van der Waals surface area contributed by atoms with E-state index in [0.717, 1.165) is 34.9 Å². The van der Waals surface area contributed by atoms with Gasteiger partial charge in [0, 0.05) is 29.9 Å². The van der Waals surface area contributed by atoms with Gasteiger partial charge in [0.25, 0.3) is 0 Å². The van der Waals surface area contributed by atoms with Gasteiger partial charge in [-0.2, -0.15) is 5.10 Å². The maximum absolute atomic E-state index is 12.1. The van der Waals surface area contributed by atoms with E-state index in [-0.39, 0.29) is 5.91 Å². The quantitative estimate of drug-likeness (QED) is 0.497. The molecule has 1 N–H and O–H groups in total. The number of carbonyl (C=O) groups excluding carboxylic acids is 1. The molecule has 2 aromatic heterocycles. The number of nitrogens with zero attached hydrogens (tertiary/aromatic N) is 4. The number of halogens is 1. The average molecular weight is 382 g/mol. The molecule has 0 fully saturated rings. The van der Waals surface area contributed by atoms with Crippen molar-refractivity contribution in [3.8, 4) is 0 Å². The molecule has 2 heterocycles. The fraction of sp³-hybridized carbons (Fsp3) is 0.250. The molecule has 0 spiro atoms. The summed E-state index contributed by atoms with van der Waals surface area (Å²) in [6, 6.07) is 13.7. The summed E-state index contributed by atoms with van der Waals surface area (Å²) in [5.74, 6) is 0.0307. The molecule has 0 aliphatic carbocycles. The predicted octanol–water partition coefficient (Wildman–Crippen LogP) is 3.64.